The maximum atomic E-state index is 4.17. The lowest BCUT2D eigenvalue weighted by Crippen LogP contribution is -1.91. The summed E-state index contributed by atoms with van der Waals surface area (Å²) in [5, 5.41) is 13.0. The van der Waals surface area contributed by atoms with Crippen LogP contribution in [0.5, 0.6) is 0 Å². The number of nitrogens with zero attached hydrogens (tertiary/aromatic N) is 2. The monoisotopic (exact) mass is 293 g/mol. The van der Waals surface area contributed by atoms with Crippen LogP contribution in [0.4, 0.5) is 10.8 Å². The van der Waals surface area contributed by atoms with Crippen molar-refractivity contribution in [2.45, 2.75) is 43.2 Å². The van der Waals surface area contributed by atoms with E-state index in [1.807, 2.05) is 0 Å². The molecule has 0 radical (unpaired) electrons. The van der Waals surface area contributed by atoms with Crippen molar-refractivity contribution in [1.29, 1.82) is 0 Å². The van der Waals surface area contributed by atoms with Crippen molar-refractivity contribution in [3.05, 3.63) is 29.8 Å². The second kappa shape index (κ2) is 6.39. The molecule has 0 spiro atoms. The van der Waals surface area contributed by atoms with E-state index in [1.165, 1.54) is 5.56 Å². The summed E-state index contributed by atoms with van der Waals surface area (Å²) in [5.41, 5.74) is 2.40. The summed E-state index contributed by atoms with van der Waals surface area (Å²) in [6.45, 7) is 8.71. The smallest absolute Gasteiger partial charge is 0.210 e. The number of aromatic nitrogens is 2. The Labute approximate surface area is 122 Å². The summed E-state index contributed by atoms with van der Waals surface area (Å²) in [4.78, 5) is 0. The van der Waals surface area contributed by atoms with Crippen molar-refractivity contribution >= 4 is 33.9 Å². The van der Waals surface area contributed by atoms with Crippen molar-refractivity contribution in [2.75, 3.05) is 5.32 Å². The first-order valence-corrected chi connectivity index (χ1v) is 8.11. The van der Waals surface area contributed by atoms with Gasteiger partial charge in [0.2, 0.25) is 5.13 Å². The van der Waals surface area contributed by atoms with Gasteiger partial charge in [0.05, 0.1) is 0 Å². The molecule has 0 aliphatic rings. The highest BCUT2D eigenvalue weighted by Crippen LogP contribution is 2.30. The fraction of sp³-hybridized carbons (Fsp3) is 0.429. The van der Waals surface area contributed by atoms with Crippen LogP contribution in [0.1, 0.15) is 39.2 Å². The third kappa shape index (κ3) is 4.21. The molecule has 0 amide bonds. The minimum atomic E-state index is 0.533. The topological polar surface area (TPSA) is 37.8 Å². The molecule has 1 N–H and O–H groups in total. The van der Waals surface area contributed by atoms with Crippen LogP contribution >= 0.6 is 23.1 Å². The fourth-order valence-corrected chi connectivity index (χ4v) is 3.58. The van der Waals surface area contributed by atoms with E-state index < -0.39 is 0 Å². The Morgan fingerprint density at radius 3 is 2.32 bits per heavy atom. The maximum absolute atomic E-state index is 4.17. The van der Waals surface area contributed by atoms with Gasteiger partial charge in [-0.2, -0.15) is 0 Å². The Morgan fingerprint density at radius 1 is 1.05 bits per heavy atom. The van der Waals surface area contributed by atoms with Gasteiger partial charge in [0, 0.05) is 10.9 Å². The van der Waals surface area contributed by atoms with Gasteiger partial charge in [0.25, 0.3) is 0 Å². The highest BCUT2D eigenvalue weighted by molar-refractivity contribution is 8.01. The van der Waals surface area contributed by atoms with E-state index in [2.05, 4.69) is 67.5 Å². The number of nitrogens with one attached hydrogen (secondary N) is 1. The zero-order chi connectivity index (χ0) is 13.8. The Morgan fingerprint density at radius 2 is 1.74 bits per heavy atom. The first-order chi connectivity index (χ1) is 9.04. The largest absolute Gasteiger partial charge is 0.330 e. The quantitative estimate of drug-likeness (QED) is 0.795. The summed E-state index contributed by atoms with van der Waals surface area (Å²) in [6.07, 6.45) is 0. The molecule has 0 aliphatic heterocycles. The number of anilines is 2. The standard InChI is InChI=1S/C14H19N3S2/c1-9(2)11-5-7-12(8-6-11)15-13-16-17-14(19-13)18-10(3)4/h5-10H,1-4H3,(H,15,16). The summed E-state index contributed by atoms with van der Waals surface area (Å²) in [5.74, 6) is 0.560. The molecule has 0 saturated heterocycles. The molecule has 0 saturated carbocycles. The molecular weight excluding hydrogens is 274 g/mol. The van der Waals surface area contributed by atoms with Crippen LogP contribution in [0.2, 0.25) is 0 Å². The van der Waals surface area contributed by atoms with Crippen molar-refractivity contribution in [3.8, 4) is 0 Å². The predicted octanol–water partition coefficient (Wildman–Crippen LogP) is 4.91. The minimum absolute atomic E-state index is 0.533. The zero-order valence-corrected chi connectivity index (χ0v) is 13.3. The molecular formula is C14H19N3S2. The molecule has 102 valence electrons. The summed E-state index contributed by atoms with van der Waals surface area (Å²) >= 11 is 3.34. The van der Waals surface area contributed by atoms with Crippen LogP contribution in [0.25, 0.3) is 0 Å². The van der Waals surface area contributed by atoms with Gasteiger partial charge >= 0.3 is 0 Å². The van der Waals surface area contributed by atoms with Crippen molar-refractivity contribution in [2.24, 2.45) is 0 Å². The van der Waals surface area contributed by atoms with Crippen molar-refractivity contribution < 1.29 is 0 Å². The molecule has 1 heterocycles. The van der Waals surface area contributed by atoms with Gasteiger partial charge in [0.15, 0.2) is 4.34 Å². The van der Waals surface area contributed by atoms with Crippen LogP contribution in [0, 0.1) is 0 Å². The average molecular weight is 293 g/mol. The van der Waals surface area contributed by atoms with Crippen LogP contribution in [-0.4, -0.2) is 15.4 Å². The number of benzene rings is 1. The van der Waals surface area contributed by atoms with Gasteiger partial charge in [-0.1, -0.05) is 62.9 Å². The molecule has 0 bridgehead atoms. The lowest BCUT2D eigenvalue weighted by molar-refractivity contribution is 0.867. The number of hydrogen-bond acceptors (Lipinski definition) is 5. The molecule has 0 unspecified atom stereocenters. The molecule has 2 rings (SSSR count). The van der Waals surface area contributed by atoms with E-state index in [-0.39, 0.29) is 0 Å². The minimum Gasteiger partial charge on any atom is -0.330 e. The molecule has 5 heteroatoms. The first kappa shape index (κ1) is 14.3. The molecule has 3 nitrogen and oxygen atoms in total. The van der Waals surface area contributed by atoms with Gasteiger partial charge in [-0.25, -0.2) is 0 Å². The lowest BCUT2D eigenvalue weighted by Gasteiger charge is -2.06. The van der Waals surface area contributed by atoms with E-state index >= 15 is 0 Å². The van der Waals surface area contributed by atoms with E-state index in [0.29, 0.717) is 11.2 Å². The average Bonchev–Trinajstić information content (AvgIpc) is 2.76. The van der Waals surface area contributed by atoms with Gasteiger partial charge in [0.1, 0.15) is 0 Å². The van der Waals surface area contributed by atoms with Crippen LogP contribution in [-0.2, 0) is 0 Å². The third-order valence-electron chi connectivity index (χ3n) is 2.57. The van der Waals surface area contributed by atoms with E-state index in [9.17, 15) is 0 Å². The summed E-state index contributed by atoms with van der Waals surface area (Å²) in [6, 6.07) is 8.48. The molecule has 0 fully saturated rings. The van der Waals surface area contributed by atoms with E-state index in [4.69, 9.17) is 0 Å². The van der Waals surface area contributed by atoms with Gasteiger partial charge in [-0.05, 0) is 23.6 Å². The van der Waals surface area contributed by atoms with Gasteiger partial charge < -0.3 is 5.32 Å². The van der Waals surface area contributed by atoms with Crippen molar-refractivity contribution in [1.82, 2.24) is 10.2 Å². The van der Waals surface area contributed by atoms with Crippen LogP contribution in [0.15, 0.2) is 28.6 Å². The summed E-state index contributed by atoms with van der Waals surface area (Å²) in [7, 11) is 0. The number of hydrogen-bond donors (Lipinski definition) is 1. The van der Waals surface area contributed by atoms with Crippen LogP contribution in [0.3, 0.4) is 0 Å². The van der Waals surface area contributed by atoms with Gasteiger partial charge in [-0.3, -0.25) is 0 Å². The molecule has 1 aromatic heterocycles. The molecule has 0 aliphatic carbocycles. The zero-order valence-electron chi connectivity index (χ0n) is 11.7. The van der Waals surface area contributed by atoms with Gasteiger partial charge in [-0.15, -0.1) is 10.2 Å². The lowest BCUT2D eigenvalue weighted by atomic mass is 10.0. The van der Waals surface area contributed by atoms with Crippen LogP contribution < -0.4 is 5.32 Å². The van der Waals surface area contributed by atoms with Crippen molar-refractivity contribution in [3.63, 3.8) is 0 Å². The molecule has 19 heavy (non-hydrogen) atoms. The Kier molecular flexibility index (Phi) is 4.82. The highest BCUT2D eigenvalue weighted by Gasteiger charge is 2.07. The number of rotatable bonds is 5. The maximum Gasteiger partial charge on any atom is 0.210 e. The second-order valence-electron chi connectivity index (χ2n) is 4.94. The fourth-order valence-electron chi connectivity index (χ4n) is 1.58. The normalized spacial score (nSPS) is 11.3. The predicted molar refractivity (Wildman–Crippen MR) is 84.7 cm³/mol. The molecule has 2 aromatic rings. The Hall–Kier alpha value is -1.07. The molecule has 1 aromatic carbocycles. The third-order valence-corrected chi connectivity index (χ3v) is 4.50. The first-order valence-electron chi connectivity index (χ1n) is 6.41. The Balaban J connectivity index is 2.02. The second-order valence-corrected chi connectivity index (χ2v) is 7.74. The summed E-state index contributed by atoms with van der Waals surface area (Å²) < 4.78 is 1.01. The van der Waals surface area contributed by atoms with E-state index in [1.54, 1.807) is 23.1 Å². The molecule has 0 atom stereocenters. The SMILES string of the molecule is CC(C)Sc1nnc(Nc2ccc(C(C)C)cc2)s1. The highest BCUT2D eigenvalue weighted by atomic mass is 32.2. The Bertz CT molecular complexity index is 518. The number of thioether (sulfide) groups is 1. The van der Waals surface area contributed by atoms with E-state index in [0.717, 1.165) is 15.2 Å².